The van der Waals surface area contributed by atoms with Gasteiger partial charge in [-0.1, -0.05) is 0 Å². The first-order chi connectivity index (χ1) is 6.83. The summed E-state index contributed by atoms with van der Waals surface area (Å²) in [5.74, 6) is 0. The van der Waals surface area contributed by atoms with Crippen molar-refractivity contribution in [3.8, 4) is 0 Å². The molecule has 5 nitrogen and oxygen atoms in total. The minimum Gasteiger partial charge on any atom is -0.395 e. The fourth-order valence-electron chi connectivity index (χ4n) is 0.915. The molecule has 1 heterocycles. The van der Waals surface area contributed by atoms with E-state index in [0.29, 0.717) is 6.54 Å². The quantitative estimate of drug-likeness (QED) is 0.626. The molecule has 0 radical (unpaired) electrons. The molecule has 0 aliphatic heterocycles. The zero-order valence-corrected chi connectivity index (χ0v) is 7.73. The van der Waals surface area contributed by atoms with Crippen molar-refractivity contribution >= 4 is 6.03 Å². The van der Waals surface area contributed by atoms with Gasteiger partial charge in [-0.05, 0) is 17.7 Å². The number of aliphatic hydroxyl groups is 1. The second kappa shape index (κ2) is 5.93. The summed E-state index contributed by atoms with van der Waals surface area (Å²) in [5.41, 5.74) is 0.985. The van der Waals surface area contributed by atoms with Crippen molar-refractivity contribution < 1.29 is 9.90 Å². The van der Waals surface area contributed by atoms with Crippen LogP contribution in [0.2, 0.25) is 0 Å². The zero-order chi connectivity index (χ0) is 10.2. The lowest BCUT2D eigenvalue weighted by atomic mass is 10.3. The van der Waals surface area contributed by atoms with Crippen molar-refractivity contribution in [3.63, 3.8) is 0 Å². The van der Waals surface area contributed by atoms with Gasteiger partial charge in [0.05, 0.1) is 6.61 Å². The van der Waals surface area contributed by atoms with Gasteiger partial charge < -0.3 is 15.7 Å². The summed E-state index contributed by atoms with van der Waals surface area (Å²) in [6.45, 7) is 0.671. The maximum Gasteiger partial charge on any atom is 0.315 e. The predicted molar refractivity (Wildman–Crippen MR) is 51.6 cm³/mol. The average molecular weight is 195 g/mol. The molecule has 0 atom stereocenters. The number of amides is 2. The number of urea groups is 1. The molecule has 0 spiro atoms. The number of rotatable bonds is 4. The summed E-state index contributed by atoms with van der Waals surface area (Å²) in [4.78, 5) is 14.9. The highest BCUT2D eigenvalue weighted by Crippen LogP contribution is 1.94. The van der Waals surface area contributed by atoms with E-state index >= 15 is 0 Å². The average Bonchev–Trinajstić information content (AvgIpc) is 2.25. The number of hydrogen-bond acceptors (Lipinski definition) is 3. The molecule has 0 aliphatic rings. The van der Waals surface area contributed by atoms with Crippen LogP contribution in [0.1, 0.15) is 5.56 Å². The summed E-state index contributed by atoms with van der Waals surface area (Å²) in [7, 11) is 0. The fourth-order valence-corrected chi connectivity index (χ4v) is 0.915. The molecule has 5 heteroatoms. The second-order valence-corrected chi connectivity index (χ2v) is 2.69. The van der Waals surface area contributed by atoms with E-state index in [1.165, 1.54) is 0 Å². The largest absolute Gasteiger partial charge is 0.395 e. The number of aromatic nitrogens is 1. The molecular weight excluding hydrogens is 182 g/mol. The van der Waals surface area contributed by atoms with Gasteiger partial charge in [0.2, 0.25) is 0 Å². The van der Waals surface area contributed by atoms with Crippen LogP contribution in [0.3, 0.4) is 0 Å². The van der Waals surface area contributed by atoms with Gasteiger partial charge in [0.1, 0.15) is 0 Å². The molecular formula is C9H13N3O2. The summed E-state index contributed by atoms with van der Waals surface area (Å²) in [6.07, 6.45) is 3.34. The number of nitrogens with zero attached hydrogens (tertiary/aromatic N) is 1. The highest BCUT2D eigenvalue weighted by atomic mass is 16.3. The number of hydrogen-bond donors (Lipinski definition) is 3. The van der Waals surface area contributed by atoms with Gasteiger partial charge in [-0.3, -0.25) is 4.98 Å². The minimum absolute atomic E-state index is 0.0529. The molecule has 14 heavy (non-hydrogen) atoms. The molecule has 1 aromatic heterocycles. The molecule has 1 rings (SSSR count). The van der Waals surface area contributed by atoms with Crippen molar-refractivity contribution in [1.82, 2.24) is 15.6 Å². The lowest BCUT2D eigenvalue weighted by Gasteiger charge is -2.05. The molecule has 0 aliphatic carbocycles. The Morgan fingerprint density at radius 3 is 2.71 bits per heavy atom. The number of carbonyl (C=O) groups excluding carboxylic acids is 1. The van der Waals surface area contributed by atoms with Gasteiger partial charge in [-0.15, -0.1) is 0 Å². The maximum atomic E-state index is 11.0. The number of carbonyl (C=O) groups is 1. The SMILES string of the molecule is O=C(NCCO)NCc1ccncc1. The van der Waals surface area contributed by atoms with Gasteiger partial charge in [-0.25, -0.2) is 4.79 Å². The van der Waals surface area contributed by atoms with Gasteiger partial charge in [0.25, 0.3) is 0 Å². The molecule has 0 aromatic carbocycles. The van der Waals surface area contributed by atoms with Crippen LogP contribution < -0.4 is 10.6 Å². The number of aliphatic hydroxyl groups excluding tert-OH is 1. The van der Waals surface area contributed by atoms with E-state index < -0.39 is 0 Å². The van der Waals surface area contributed by atoms with Crippen LogP contribution >= 0.6 is 0 Å². The zero-order valence-electron chi connectivity index (χ0n) is 7.73. The van der Waals surface area contributed by atoms with Crippen LogP contribution in [0.5, 0.6) is 0 Å². The van der Waals surface area contributed by atoms with E-state index in [1.54, 1.807) is 12.4 Å². The molecule has 2 amide bonds. The van der Waals surface area contributed by atoms with Crippen LogP contribution in [0.4, 0.5) is 4.79 Å². The highest BCUT2D eigenvalue weighted by Gasteiger charge is 1.97. The van der Waals surface area contributed by atoms with Crippen LogP contribution in [0.25, 0.3) is 0 Å². The fraction of sp³-hybridized carbons (Fsp3) is 0.333. The molecule has 0 saturated carbocycles. The van der Waals surface area contributed by atoms with E-state index in [1.807, 2.05) is 12.1 Å². The molecule has 3 N–H and O–H groups in total. The third-order valence-electron chi connectivity index (χ3n) is 1.60. The first-order valence-corrected chi connectivity index (χ1v) is 4.34. The Hall–Kier alpha value is -1.62. The third kappa shape index (κ3) is 3.86. The normalized spacial score (nSPS) is 9.50. The van der Waals surface area contributed by atoms with Crippen LogP contribution in [-0.2, 0) is 6.54 Å². The van der Waals surface area contributed by atoms with Crippen LogP contribution in [0, 0.1) is 0 Å². The smallest absolute Gasteiger partial charge is 0.315 e. The van der Waals surface area contributed by atoms with Crippen molar-refractivity contribution in [3.05, 3.63) is 30.1 Å². The van der Waals surface area contributed by atoms with E-state index in [0.717, 1.165) is 5.56 Å². The first kappa shape index (κ1) is 10.5. The summed E-state index contributed by atoms with van der Waals surface area (Å²) in [5, 5.41) is 13.6. The Bertz CT molecular complexity index is 277. The van der Waals surface area contributed by atoms with Gasteiger partial charge >= 0.3 is 6.03 Å². The third-order valence-corrected chi connectivity index (χ3v) is 1.60. The van der Waals surface area contributed by atoms with Gasteiger partial charge in [0, 0.05) is 25.5 Å². The van der Waals surface area contributed by atoms with Gasteiger partial charge in [-0.2, -0.15) is 0 Å². The first-order valence-electron chi connectivity index (χ1n) is 4.34. The van der Waals surface area contributed by atoms with E-state index in [2.05, 4.69) is 15.6 Å². The molecule has 1 aromatic rings. The van der Waals surface area contributed by atoms with Crippen molar-refractivity contribution in [2.45, 2.75) is 6.54 Å². The maximum absolute atomic E-state index is 11.0. The van der Waals surface area contributed by atoms with E-state index in [9.17, 15) is 4.79 Å². The Kier molecular flexibility index (Phi) is 4.43. The van der Waals surface area contributed by atoms with Crippen LogP contribution in [-0.4, -0.2) is 29.3 Å². The summed E-state index contributed by atoms with van der Waals surface area (Å²) < 4.78 is 0. The van der Waals surface area contributed by atoms with E-state index in [-0.39, 0.29) is 19.2 Å². The van der Waals surface area contributed by atoms with Crippen molar-refractivity contribution in [2.75, 3.05) is 13.2 Å². The Labute approximate surface area is 82.2 Å². The predicted octanol–water partition coefficient (Wildman–Crippen LogP) is -0.127. The highest BCUT2D eigenvalue weighted by molar-refractivity contribution is 5.73. The monoisotopic (exact) mass is 195 g/mol. The topological polar surface area (TPSA) is 74.2 Å². The summed E-state index contributed by atoms with van der Waals surface area (Å²) >= 11 is 0. The standard InChI is InChI=1S/C9H13N3O2/c13-6-5-11-9(14)12-7-8-1-3-10-4-2-8/h1-4,13H,5-7H2,(H2,11,12,14). The molecule has 0 saturated heterocycles. The van der Waals surface area contributed by atoms with Crippen LogP contribution in [0.15, 0.2) is 24.5 Å². The Balaban J connectivity index is 2.24. The van der Waals surface area contributed by atoms with Crippen molar-refractivity contribution in [1.29, 1.82) is 0 Å². The second-order valence-electron chi connectivity index (χ2n) is 2.69. The molecule has 0 unspecified atom stereocenters. The molecule has 76 valence electrons. The van der Waals surface area contributed by atoms with Crippen molar-refractivity contribution in [2.24, 2.45) is 0 Å². The Morgan fingerprint density at radius 2 is 2.07 bits per heavy atom. The number of nitrogens with one attached hydrogen (secondary N) is 2. The van der Waals surface area contributed by atoms with E-state index in [4.69, 9.17) is 5.11 Å². The van der Waals surface area contributed by atoms with Gasteiger partial charge in [0.15, 0.2) is 0 Å². The summed E-state index contributed by atoms with van der Waals surface area (Å²) in [6, 6.07) is 3.37. The minimum atomic E-state index is -0.282. The lowest BCUT2D eigenvalue weighted by Crippen LogP contribution is -2.36. The number of pyridine rings is 1. The lowest BCUT2D eigenvalue weighted by molar-refractivity contribution is 0.234. The molecule has 0 bridgehead atoms. The molecule has 0 fully saturated rings. The Morgan fingerprint density at radius 1 is 1.36 bits per heavy atom.